The van der Waals surface area contributed by atoms with Crippen LogP contribution < -0.4 is 0 Å². The fourth-order valence-corrected chi connectivity index (χ4v) is 2.45. The smallest absolute Gasteiger partial charge is 0.333 e. The van der Waals surface area contributed by atoms with Crippen molar-refractivity contribution in [3.63, 3.8) is 0 Å². The Bertz CT molecular complexity index is 564. The zero-order valence-corrected chi connectivity index (χ0v) is 11.2. The molecule has 1 aromatic carbocycles. The number of rotatable bonds is 0. The predicted molar refractivity (Wildman–Crippen MR) is 61.5 cm³/mol. The minimum atomic E-state index is -4.51. The van der Waals surface area contributed by atoms with E-state index in [0.29, 0.717) is 14.0 Å². The molecule has 16 heavy (non-hydrogen) atoms. The third-order valence-electron chi connectivity index (χ3n) is 1.88. The summed E-state index contributed by atoms with van der Waals surface area (Å²) in [6, 6.07) is 1.48. The molecule has 8 heteroatoms. The molecule has 1 heterocycles. The van der Waals surface area contributed by atoms with E-state index in [1.165, 1.54) is 6.07 Å². The third kappa shape index (κ3) is 1.96. The number of hydrogen-bond acceptors (Lipinski definition) is 1. The molecule has 1 aromatic heterocycles. The van der Waals surface area contributed by atoms with Crippen LogP contribution in [0.5, 0.6) is 0 Å². The number of alkyl halides is 3. The van der Waals surface area contributed by atoms with Gasteiger partial charge in [-0.3, -0.25) is 0 Å². The Morgan fingerprint density at radius 3 is 2.50 bits per heavy atom. The maximum Gasteiger partial charge on any atom is 0.449 e. The van der Waals surface area contributed by atoms with Crippen molar-refractivity contribution in [2.45, 2.75) is 6.18 Å². The predicted octanol–water partition coefficient (Wildman–Crippen LogP) is 4.76. The highest BCUT2D eigenvalue weighted by atomic mass is 79.9. The van der Waals surface area contributed by atoms with E-state index < -0.39 is 12.0 Å². The minimum absolute atomic E-state index is 0.184. The van der Waals surface area contributed by atoms with Crippen molar-refractivity contribution in [3.05, 3.63) is 25.9 Å². The van der Waals surface area contributed by atoms with E-state index in [-0.39, 0.29) is 11.0 Å². The first-order valence-electron chi connectivity index (χ1n) is 3.91. The van der Waals surface area contributed by atoms with Gasteiger partial charge in [-0.2, -0.15) is 13.2 Å². The van der Waals surface area contributed by atoms with Crippen molar-refractivity contribution in [2.75, 3.05) is 0 Å². The van der Waals surface area contributed by atoms with Crippen LogP contribution in [0.2, 0.25) is 5.02 Å². The Balaban J connectivity index is 2.80. The van der Waals surface area contributed by atoms with E-state index >= 15 is 0 Å². The molecule has 0 bridgehead atoms. The zero-order chi connectivity index (χ0) is 12.1. The summed E-state index contributed by atoms with van der Waals surface area (Å²) < 4.78 is 38.1. The van der Waals surface area contributed by atoms with Gasteiger partial charge in [-0.1, -0.05) is 11.6 Å². The van der Waals surface area contributed by atoms with Crippen LogP contribution >= 0.6 is 43.5 Å². The third-order valence-corrected chi connectivity index (χ3v) is 3.84. The molecule has 2 aromatic rings. The van der Waals surface area contributed by atoms with Gasteiger partial charge in [0.15, 0.2) is 0 Å². The number of H-pyrrole nitrogens is 1. The number of benzene rings is 1. The van der Waals surface area contributed by atoms with Crippen molar-refractivity contribution >= 4 is 54.5 Å². The summed E-state index contributed by atoms with van der Waals surface area (Å²) in [6.07, 6.45) is -4.51. The largest absolute Gasteiger partial charge is 0.449 e. The van der Waals surface area contributed by atoms with E-state index in [4.69, 9.17) is 11.6 Å². The Morgan fingerprint density at radius 1 is 1.31 bits per heavy atom. The highest BCUT2D eigenvalue weighted by Crippen LogP contribution is 2.37. The van der Waals surface area contributed by atoms with Crippen LogP contribution in [0.4, 0.5) is 13.2 Å². The minimum Gasteiger partial charge on any atom is -0.333 e. The van der Waals surface area contributed by atoms with Crippen LogP contribution in [0.15, 0.2) is 15.0 Å². The first-order valence-corrected chi connectivity index (χ1v) is 5.87. The topological polar surface area (TPSA) is 28.7 Å². The van der Waals surface area contributed by atoms with E-state index in [9.17, 15) is 13.2 Å². The number of nitrogens with one attached hydrogen (secondary N) is 1. The number of imidazole rings is 1. The maximum absolute atomic E-state index is 12.4. The van der Waals surface area contributed by atoms with E-state index in [1.54, 1.807) is 0 Å². The van der Waals surface area contributed by atoms with Gasteiger partial charge in [0.25, 0.3) is 0 Å². The molecule has 0 unspecified atom stereocenters. The van der Waals surface area contributed by atoms with E-state index in [1.807, 2.05) is 0 Å². The molecule has 0 fully saturated rings. The van der Waals surface area contributed by atoms with Crippen molar-refractivity contribution in [2.24, 2.45) is 0 Å². The van der Waals surface area contributed by atoms with Gasteiger partial charge in [-0.05, 0) is 37.9 Å². The molecule has 0 spiro atoms. The standard InChI is InChI=1S/C8H2Br2ClF3N2/c9-2-1-3(11)4(10)6-5(2)15-7(16-6)8(12,13)14/h1H,(H,15,16). The van der Waals surface area contributed by atoms with Crippen LogP contribution in [0.3, 0.4) is 0 Å². The van der Waals surface area contributed by atoms with Crippen molar-refractivity contribution in [1.82, 2.24) is 9.97 Å². The molecule has 0 aliphatic carbocycles. The SMILES string of the molecule is FC(F)(F)c1nc2c(Br)cc(Cl)c(Br)c2[nH]1. The van der Waals surface area contributed by atoms with Gasteiger partial charge in [0, 0.05) is 4.47 Å². The molecule has 86 valence electrons. The normalized spacial score (nSPS) is 12.4. The lowest BCUT2D eigenvalue weighted by Gasteiger charge is -1.99. The lowest BCUT2D eigenvalue weighted by atomic mass is 10.3. The second-order valence-corrected chi connectivity index (χ2v) is 5.02. The number of aromatic amines is 1. The molecule has 1 N–H and O–H groups in total. The highest BCUT2D eigenvalue weighted by molar-refractivity contribution is 9.11. The fourth-order valence-electron chi connectivity index (χ4n) is 1.20. The summed E-state index contributed by atoms with van der Waals surface area (Å²) in [5.41, 5.74) is 0.398. The van der Waals surface area contributed by atoms with Crippen LogP contribution in [0, 0.1) is 0 Å². The van der Waals surface area contributed by atoms with Crippen molar-refractivity contribution < 1.29 is 13.2 Å². The second-order valence-electron chi connectivity index (χ2n) is 2.96. The van der Waals surface area contributed by atoms with Crippen molar-refractivity contribution in [1.29, 1.82) is 0 Å². The van der Waals surface area contributed by atoms with Gasteiger partial charge < -0.3 is 4.98 Å². The monoisotopic (exact) mass is 376 g/mol. The molecule has 0 aliphatic heterocycles. The molecule has 0 saturated heterocycles. The molecular weight excluding hydrogens is 376 g/mol. The van der Waals surface area contributed by atoms with Crippen LogP contribution in [-0.2, 0) is 6.18 Å². The van der Waals surface area contributed by atoms with Gasteiger partial charge in [0.2, 0.25) is 5.82 Å². The molecule has 0 radical (unpaired) electrons. The van der Waals surface area contributed by atoms with Crippen LogP contribution in [0.25, 0.3) is 11.0 Å². The number of hydrogen-bond donors (Lipinski definition) is 1. The number of aromatic nitrogens is 2. The highest BCUT2D eigenvalue weighted by Gasteiger charge is 2.35. The number of nitrogens with zero attached hydrogens (tertiary/aromatic N) is 1. The van der Waals surface area contributed by atoms with Gasteiger partial charge in [0.05, 0.1) is 15.0 Å². The van der Waals surface area contributed by atoms with Crippen LogP contribution in [-0.4, -0.2) is 9.97 Å². The Morgan fingerprint density at radius 2 is 1.94 bits per heavy atom. The number of fused-ring (bicyclic) bond motifs is 1. The maximum atomic E-state index is 12.4. The molecule has 2 rings (SSSR count). The lowest BCUT2D eigenvalue weighted by molar-refractivity contribution is -0.144. The zero-order valence-electron chi connectivity index (χ0n) is 7.29. The van der Waals surface area contributed by atoms with E-state index in [2.05, 4.69) is 41.8 Å². The van der Waals surface area contributed by atoms with Gasteiger partial charge >= 0.3 is 6.18 Å². The van der Waals surface area contributed by atoms with Crippen molar-refractivity contribution in [3.8, 4) is 0 Å². The summed E-state index contributed by atoms with van der Waals surface area (Å²) in [7, 11) is 0. The quantitative estimate of drug-likeness (QED) is 0.658. The first kappa shape index (κ1) is 12.2. The fraction of sp³-hybridized carbons (Fsp3) is 0.125. The molecule has 2 nitrogen and oxygen atoms in total. The average Bonchev–Trinajstić information content (AvgIpc) is 2.58. The molecule has 0 atom stereocenters. The van der Waals surface area contributed by atoms with Gasteiger partial charge in [0.1, 0.15) is 5.52 Å². The Labute approximate surface area is 109 Å². The average molecular weight is 378 g/mol. The summed E-state index contributed by atoms with van der Waals surface area (Å²) in [6.45, 7) is 0. The van der Waals surface area contributed by atoms with E-state index in [0.717, 1.165) is 0 Å². The molecule has 0 amide bonds. The number of halogens is 6. The molecular formula is C8H2Br2ClF3N2. The van der Waals surface area contributed by atoms with Gasteiger partial charge in [-0.15, -0.1) is 0 Å². The summed E-state index contributed by atoms with van der Waals surface area (Å²) >= 11 is 12.0. The molecule has 0 saturated carbocycles. The second kappa shape index (κ2) is 3.89. The Kier molecular flexibility index (Phi) is 2.96. The summed E-state index contributed by atoms with van der Waals surface area (Å²) in [5.74, 6) is -1.05. The summed E-state index contributed by atoms with van der Waals surface area (Å²) in [4.78, 5) is 5.66. The Hall–Kier alpha value is -0.270. The first-order chi connectivity index (χ1) is 7.30. The van der Waals surface area contributed by atoms with Crippen LogP contribution in [0.1, 0.15) is 5.82 Å². The van der Waals surface area contributed by atoms with Gasteiger partial charge in [-0.25, -0.2) is 4.98 Å². The summed E-state index contributed by atoms with van der Waals surface area (Å²) in [5, 5.41) is 0.303. The lowest BCUT2D eigenvalue weighted by Crippen LogP contribution is -2.06. The molecule has 0 aliphatic rings.